The maximum Gasteiger partial charge on any atom is 0.237 e. The normalized spacial score (nSPS) is 17.5. The lowest BCUT2D eigenvalue weighted by Crippen LogP contribution is -2.52. The Balaban J connectivity index is 1.74. The van der Waals surface area contributed by atoms with Crippen LogP contribution in [0.1, 0.15) is 69.5 Å². The quantitative estimate of drug-likeness (QED) is 0.583. The molecule has 0 saturated heterocycles. The monoisotopic (exact) mass is 458 g/mol. The first-order valence-electron chi connectivity index (χ1n) is 11.7. The second-order valence-electron chi connectivity index (χ2n) is 9.58. The van der Waals surface area contributed by atoms with Crippen molar-refractivity contribution in [1.29, 1.82) is 0 Å². The minimum atomic E-state index is -0.872. The number of carbonyl (C=O) groups excluding carboxylic acids is 1. The van der Waals surface area contributed by atoms with Crippen molar-refractivity contribution in [3.63, 3.8) is 0 Å². The molecule has 32 heavy (non-hydrogen) atoms. The number of fused-ring (bicyclic) bond motifs is 1. The van der Waals surface area contributed by atoms with Gasteiger partial charge in [-0.25, -0.2) is 0 Å². The van der Waals surface area contributed by atoms with Gasteiger partial charge in [0, 0.05) is 17.5 Å². The third-order valence-corrected chi connectivity index (χ3v) is 7.68. The van der Waals surface area contributed by atoms with Crippen LogP contribution in [0, 0.1) is 0 Å². The molecule has 1 aliphatic rings. The molecule has 1 N–H and O–H groups in total. The van der Waals surface area contributed by atoms with E-state index in [9.17, 15) is 9.90 Å². The SMILES string of the molecule is CCN(CC(=O)N1CCc2sccc2C1COc1ccc(C(C)C)cc1)C(C)C(C)(C)O. The van der Waals surface area contributed by atoms with E-state index in [2.05, 4.69) is 37.4 Å². The molecule has 176 valence electrons. The Bertz CT molecular complexity index is 885. The minimum Gasteiger partial charge on any atom is -0.491 e. The van der Waals surface area contributed by atoms with Crippen LogP contribution in [0.3, 0.4) is 0 Å². The van der Waals surface area contributed by atoms with Crippen molar-refractivity contribution in [2.24, 2.45) is 0 Å². The Kier molecular flexibility index (Phi) is 8.01. The highest BCUT2D eigenvalue weighted by atomic mass is 32.1. The van der Waals surface area contributed by atoms with E-state index in [4.69, 9.17) is 4.74 Å². The minimum absolute atomic E-state index is 0.0866. The van der Waals surface area contributed by atoms with Crippen molar-refractivity contribution >= 4 is 17.2 Å². The van der Waals surface area contributed by atoms with Crippen molar-refractivity contribution in [3.8, 4) is 5.75 Å². The van der Waals surface area contributed by atoms with Gasteiger partial charge < -0.3 is 14.7 Å². The van der Waals surface area contributed by atoms with Gasteiger partial charge in [-0.3, -0.25) is 9.69 Å². The van der Waals surface area contributed by atoms with Crippen LogP contribution >= 0.6 is 11.3 Å². The van der Waals surface area contributed by atoms with Crippen LogP contribution in [0.5, 0.6) is 5.75 Å². The van der Waals surface area contributed by atoms with Crippen molar-refractivity contribution in [1.82, 2.24) is 9.80 Å². The van der Waals surface area contributed by atoms with Gasteiger partial charge in [0.2, 0.25) is 5.91 Å². The highest BCUT2D eigenvalue weighted by molar-refractivity contribution is 7.10. The Morgan fingerprint density at radius 1 is 1.25 bits per heavy atom. The average molecular weight is 459 g/mol. The van der Waals surface area contributed by atoms with Crippen molar-refractivity contribution in [3.05, 3.63) is 51.7 Å². The lowest BCUT2D eigenvalue weighted by atomic mass is 9.98. The lowest BCUT2D eigenvalue weighted by molar-refractivity contribution is -0.137. The summed E-state index contributed by atoms with van der Waals surface area (Å²) in [5.41, 5.74) is 1.61. The molecule has 0 spiro atoms. The zero-order chi connectivity index (χ0) is 23.5. The Labute approximate surface area is 197 Å². The van der Waals surface area contributed by atoms with Crippen LogP contribution in [0.15, 0.2) is 35.7 Å². The number of ether oxygens (including phenoxy) is 1. The number of amides is 1. The smallest absolute Gasteiger partial charge is 0.237 e. The number of nitrogens with zero attached hydrogens (tertiary/aromatic N) is 2. The molecular formula is C26H38N2O3S. The standard InChI is InChI=1S/C26H38N2O3S/c1-7-27(19(4)26(5,6)30)16-25(29)28-14-12-24-22(13-15-32-24)23(28)17-31-21-10-8-20(9-11-21)18(2)3/h8-11,13,15,18-19,23,30H,7,12,14,16-17H2,1-6H3. The summed E-state index contributed by atoms with van der Waals surface area (Å²) in [6.45, 7) is 14.1. The third-order valence-electron chi connectivity index (χ3n) is 6.68. The van der Waals surface area contributed by atoms with Gasteiger partial charge in [0.15, 0.2) is 0 Å². The van der Waals surface area contributed by atoms with Gasteiger partial charge in [0.05, 0.1) is 18.2 Å². The molecule has 0 fully saturated rings. The van der Waals surface area contributed by atoms with Gasteiger partial charge in [0.1, 0.15) is 12.4 Å². The molecule has 3 rings (SSSR count). The number of likely N-dealkylation sites (N-methyl/N-ethyl adjacent to an activating group) is 1. The molecule has 0 aliphatic carbocycles. The molecule has 0 bridgehead atoms. The summed E-state index contributed by atoms with van der Waals surface area (Å²) in [4.78, 5) is 18.8. The van der Waals surface area contributed by atoms with Crippen LogP contribution in [-0.4, -0.2) is 58.7 Å². The Morgan fingerprint density at radius 2 is 1.94 bits per heavy atom. The van der Waals surface area contributed by atoms with E-state index in [1.807, 2.05) is 35.8 Å². The molecule has 5 nitrogen and oxygen atoms in total. The zero-order valence-electron chi connectivity index (χ0n) is 20.3. The predicted octanol–water partition coefficient (Wildman–Crippen LogP) is 4.86. The second-order valence-corrected chi connectivity index (χ2v) is 10.6. The predicted molar refractivity (Wildman–Crippen MR) is 132 cm³/mol. The van der Waals surface area contributed by atoms with Gasteiger partial charge >= 0.3 is 0 Å². The van der Waals surface area contributed by atoms with E-state index in [0.29, 0.717) is 32.2 Å². The fourth-order valence-electron chi connectivity index (χ4n) is 4.23. The first kappa shape index (κ1) is 24.7. The fourth-order valence-corrected chi connectivity index (χ4v) is 5.16. The number of carbonyl (C=O) groups is 1. The molecule has 6 heteroatoms. The number of aliphatic hydroxyl groups is 1. The number of benzene rings is 1. The molecule has 2 aromatic rings. The summed E-state index contributed by atoms with van der Waals surface area (Å²) in [6.07, 6.45) is 0.880. The molecule has 1 aromatic carbocycles. The number of hydrogen-bond donors (Lipinski definition) is 1. The maximum absolute atomic E-state index is 13.4. The maximum atomic E-state index is 13.4. The van der Waals surface area contributed by atoms with E-state index in [1.165, 1.54) is 16.0 Å². The van der Waals surface area contributed by atoms with Crippen molar-refractivity contribution in [2.75, 3.05) is 26.2 Å². The van der Waals surface area contributed by atoms with Crippen LogP contribution in [0.4, 0.5) is 0 Å². The number of thiophene rings is 1. The summed E-state index contributed by atoms with van der Waals surface area (Å²) in [5, 5.41) is 12.6. The molecule has 1 amide bonds. The molecule has 2 atom stereocenters. The first-order valence-corrected chi connectivity index (χ1v) is 12.5. The van der Waals surface area contributed by atoms with Crippen LogP contribution in [-0.2, 0) is 11.2 Å². The summed E-state index contributed by atoms with van der Waals surface area (Å²) >= 11 is 1.76. The zero-order valence-corrected chi connectivity index (χ0v) is 21.1. The molecule has 2 unspecified atom stereocenters. The van der Waals surface area contributed by atoms with Gasteiger partial charge in [-0.05, 0) is 74.4 Å². The van der Waals surface area contributed by atoms with Crippen molar-refractivity contribution in [2.45, 2.75) is 71.6 Å². The summed E-state index contributed by atoms with van der Waals surface area (Å²) in [5.74, 6) is 1.40. The summed E-state index contributed by atoms with van der Waals surface area (Å²) < 4.78 is 6.18. The van der Waals surface area contributed by atoms with Crippen LogP contribution in [0.25, 0.3) is 0 Å². The highest BCUT2D eigenvalue weighted by Gasteiger charge is 2.35. The second kappa shape index (κ2) is 10.4. The van der Waals surface area contributed by atoms with E-state index >= 15 is 0 Å². The van der Waals surface area contributed by atoms with Crippen molar-refractivity contribution < 1.29 is 14.6 Å². The van der Waals surface area contributed by atoms with E-state index in [-0.39, 0.29) is 18.0 Å². The van der Waals surface area contributed by atoms with Gasteiger partial charge in [-0.2, -0.15) is 0 Å². The van der Waals surface area contributed by atoms with Gasteiger partial charge in [-0.1, -0.05) is 32.9 Å². The van der Waals surface area contributed by atoms with Crippen LogP contribution < -0.4 is 4.74 Å². The Hall–Kier alpha value is -1.89. The molecule has 2 heterocycles. The number of hydrogen-bond acceptors (Lipinski definition) is 5. The van der Waals surface area contributed by atoms with E-state index < -0.39 is 5.60 Å². The third kappa shape index (κ3) is 5.72. The largest absolute Gasteiger partial charge is 0.491 e. The first-order chi connectivity index (χ1) is 15.1. The van der Waals surface area contributed by atoms with Crippen LogP contribution in [0.2, 0.25) is 0 Å². The molecule has 0 saturated carbocycles. The van der Waals surface area contributed by atoms with Gasteiger partial charge in [-0.15, -0.1) is 11.3 Å². The fraction of sp³-hybridized carbons (Fsp3) is 0.577. The number of rotatable bonds is 9. The summed E-state index contributed by atoms with van der Waals surface area (Å²) in [6, 6.07) is 10.2. The highest BCUT2D eigenvalue weighted by Crippen LogP contribution is 2.34. The lowest BCUT2D eigenvalue weighted by Gasteiger charge is -2.40. The van der Waals surface area contributed by atoms with E-state index in [1.54, 1.807) is 25.2 Å². The molecular weight excluding hydrogens is 420 g/mol. The Morgan fingerprint density at radius 3 is 2.53 bits per heavy atom. The van der Waals surface area contributed by atoms with E-state index in [0.717, 1.165) is 12.2 Å². The topological polar surface area (TPSA) is 53.0 Å². The molecule has 1 aromatic heterocycles. The average Bonchev–Trinajstić information content (AvgIpc) is 3.23. The molecule has 0 radical (unpaired) electrons. The summed E-state index contributed by atoms with van der Waals surface area (Å²) in [7, 11) is 0. The molecule has 1 aliphatic heterocycles. The van der Waals surface area contributed by atoms with Gasteiger partial charge in [0.25, 0.3) is 0 Å².